The maximum atomic E-state index is 12.8. The van der Waals surface area contributed by atoms with Gasteiger partial charge in [0.25, 0.3) is 0 Å². The molecule has 4 nitrogen and oxygen atoms in total. The molecule has 116 valence electrons. The fourth-order valence-electron chi connectivity index (χ4n) is 2.16. The fourth-order valence-corrected chi connectivity index (χ4v) is 4.69. The van der Waals surface area contributed by atoms with Crippen molar-refractivity contribution in [2.45, 2.75) is 37.7 Å². The van der Waals surface area contributed by atoms with Crippen LogP contribution in [0.3, 0.4) is 0 Å². The van der Waals surface area contributed by atoms with Gasteiger partial charge in [-0.3, -0.25) is 0 Å². The van der Waals surface area contributed by atoms with Crippen molar-refractivity contribution in [1.29, 1.82) is 0 Å². The van der Waals surface area contributed by atoms with Crippen molar-refractivity contribution in [3.05, 3.63) is 40.3 Å². The summed E-state index contributed by atoms with van der Waals surface area (Å²) in [6.45, 7) is 5.37. The molecule has 2 aromatic rings. The van der Waals surface area contributed by atoms with Crippen LogP contribution in [0.1, 0.15) is 24.4 Å². The van der Waals surface area contributed by atoms with Crippen LogP contribution in [-0.4, -0.2) is 23.8 Å². The van der Waals surface area contributed by atoms with Crippen LogP contribution in [0.5, 0.6) is 0 Å². The van der Waals surface area contributed by atoms with Crippen molar-refractivity contribution in [2.75, 3.05) is 6.54 Å². The lowest BCUT2D eigenvalue weighted by atomic mass is 10.4. The highest BCUT2D eigenvalue weighted by Gasteiger charge is 2.25. The van der Waals surface area contributed by atoms with Gasteiger partial charge in [0.05, 0.1) is 5.88 Å². The molecule has 2 heterocycles. The van der Waals surface area contributed by atoms with Gasteiger partial charge in [-0.2, -0.15) is 4.31 Å². The number of aryl methyl sites for hydroxylation is 1. The van der Waals surface area contributed by atoms with E-state index in [4.69, 9.17) is 11.6 Å². The number of thiophene rings is 1. The highest BCUT2D eigenvalue weighted by atomic mass is 35.5. The molecule has 0 bridgehead atoms. The summed E-state index contributed by atoms with van der Waals surface area (Å²) in [4.78, 5) is 1.35. The van der Waals surface area contributed by atoms with Crippen LogP contribution >= 0.6 is 22.9 Å². The largest absolute Gasteiger partial charge is 0.349 e. The van der Waals surface area contributed by atoms with Crippen molar-refractivity contribution >= 4 is 33.0 Å². The number of sulfonamides is 1. The molecule has 0 radical (unpaired) electrons. The standard InChI is InChI=1S/C14H19ClN2O2S2/c1-3-16-11-14(8-12(16)9-15)21(18,19)17(4-2)10-13-6-5-7-20-13/h5-8,11H,3-4,9-10H2,1-2H3. The Morgan fingerprint density at radius 2 is 2.14 bits per heavy atom. The van der Waals surface area contributed by atoms with Crippen LogP contribution in [-0.2, 0) is 29.0 Å². The first-order chi connectivity index (χ1) is 10.0. The quantitative estimate of drug-likeness (QED) is 0.720. The molecule has 0 saturated heterocycles. The van der Waals surface area contributed by atoms with Gasteiger partial charge in [-0.05, 0) is 24.4 Å². The zero-order chi connectivity index (χ0) is 15.5. The lowest BCUT2D eigenvalue weighted by molar-refractivity contribution is 0.426. The summed E-state index contributed by atoms with van der Waals surface area (Å²) in [5, 5.41) is 1.95. The Morgan fingerprint density at radius 3 is 2.62 bits per heavy atom. The Morgan fingerprint density at radius 1 is 1.38 bits per heavy atom. The highest BCUT2D eigenvalue weighted by Crippen LogP contribution is 2.23. The van der Waals surface area contributed by atoms with Crippen molar-refractivity contribution in [2.24, 2.45) is 0 Å². The summed E-state index contributed by atoms with van der Waals surface area (Å²) in [6, 6.07) is 5.55. The van der Waals surface area contributed by atoms with Gasteiger partial charge in [-0.25, -0.2) is 8.42 Å². The first kappa shape index (κ1) is 16.5. The third kappa shape index (κ3) is 3.51. The zero-order valence-electron chi connectivity index (χ0n) is 12.1. The lowest BCUT2D eigenvalue weighted by Gasteiger charge is -2.18. The molecule has 0 N–H and O–H groups in total. The fraction of sp³-hybridized carbons (Fsp3) is 0.429. The molecule has 7 heteroatoms. The maximum Gasteiger partial charge on any atom is 0.244 e. The van der Waals surface area contributed by atoms with Crippen LogP contribution in [0.15, 0.2) is 34.7 Å². The van der Waals surface area contributed by atoms with Gasteiger partial charge >= 0.3 is 0 Å². The second-order valence-electron chi connectivity index (χ2n) is 4.60. The molecule has 2 rings (SSSR count). The third-order valence-corrected chi connectivity index (χ3v) is 6.36. The van der Waals surface area contributed by atoms with E-state index < -0.39 is 10.0 Å². The molecular weight excluding hydrogens is 328 g/mol. The number of alkyl halides is 1. The van der Waals surface area contributed by atoms with Gasteiger partial charge in [0.2, 0.25) is 10.0 Å². The van der Waals surface area contributed by atoms with Gasteiger partial charge in [0.1, 0.15) is 4.90 Å². The van der Waals surface area contributed by atoms with Crippen LogP contribution in [0, 0.1) is 0 Å². The smallest absolute Gasteiger partial charge is 0.244 e. The number of halogens is 1. The Bertz CT molecular complexity index is 656. The summed E-state index contributed by atoms with van der Waals surface area (Å²) in [6.07, 6.45) is 1.67. The van der Waals surface area contributed by atoms with Crippen LogP contribution in [0.25, 0.3) is 0 Å². The number of hydrogen-bond acceptors (Lipinski definition) is 3. The van der Waals surface area contributed by atoms with Crippen molar-refractivity contribution < 1.29 is 8.42 Å². The molecule has 21 heavy (non-hydrogen) atoms. The highest BCUT2D eigenvalue weighted by molar-refractivity contribution is 7.89. The number of aromatic nitrogens is 1. The molecule has 0 unspecified atom stereocenters. The molecule has 0 spiro atoms. The SMILES string of the molecule is CCN(Cc1cccs1)S(=O)(=O)c1cc(CCl)n(CC)c1. The predicted molar refractivity (Wildman–Crippen MR) is 87.3 cm³/mol. The minimum atomic E-state index is -3.49. The third-order valence-electron chi connectivity index (χ3n) is 3.34. The number of rotatable bonds is 7. The molecule has 0 aliphatic heterocycles. The Hall–Kier alpha value is -0.820. The van der Waals surface area contributed by atoms with E-state index in [1.54, 1.807) is 23.6 Å². The molecule has 0 aromatic carbocycles. The second kappa shape index (κ2) is 6.96. The van der Waals surface area contributed by atoms with Crippen LogP contribution in [0.4, 0.5) is 0 Å². The average Bonchev–Trinajstić information content (AvgIpc) is 3.13. The van der Waals surface area contributed by atoms with Crippen molar-refractivity contribution in [3.63, 3.8) is 0 Å². The topological polar surface area (TPSA) is 42.3 Å². The van der Waals surface area contributed by atoms with E-state index in [1.807, 2.05) is 35.9 Å². The summed E-state index contributed by atoms with van der Waals surface area (Å²) in [5.41, 5.74) is 0.824. The van der Waals surface area contributed by atoms with Crippen LogP contribution in [0.2, 0.25) is 0 Å². The second-order valence-corrected chi connectivity index (χ2v) is 7.83. The van der Waals surface area contributed by atoms with E-state index in [0.29, 0.717) is 30.4 Å². The van der Waals surface area contributed by atoms with E-state index in [0.717, 1.165) is 10.6 Å². The zero-order valence-corrected chi connectivity index (χ0v) is 14.5. The van der Waals surface area contributed by atoms with Gasteiger partial charge in [0, 0.05) is 36.4 Å². The van der Waals surface area contributed by atoms with E-state index in [9.17, 15) is 8.42 Å². The summed E-state index contributed by atoms with van der Waals surface area (Å²) >= 11 is 7.44. The molecule has 2 aromatic heterocycles. The molecule has 0 amide bonds. The molecule has 0 fully saturated rings. The van der Waals surface area contributed by atoms with Crippen LogP contribution < -0.4 is 0 Å². The Labute approximate surface area is 135 Å². The number of hydrogen-bond donors (Lipinski definition) is 0. The Balaban J connectivity index is 2.32. The van der Waals surface area contributed by atoms with E-state index in [1.165, 1.54) is 4.31 Å². The molecule has 0 aliphatic rings. The van der Waals surface area contributed by atoms with Gasteiger partial charge < -0.3 is 4.57 Å². The predicted octanol–water partition coefficient (Wildman–Crippen LogP) is 3.52. The molecular formula is C14H19ClN2O2S2. The minimum absolute atomic E-state index is 0.306. The van der Waals surface area contributed by atoms with Gasteiger partial charge in [0.15, 0.2) is 0 Å². The maximum absolute atomic E-state index is 12.8. The van der Waals surface area contributed by atoms with Crippen molar-refractivity contribution in [1.82, 2.24) is 8.87 Å². The molecule has 0 aliphatic carbocycles. The Kier molecular flexibility index (Phi) is 5.48. The van der Waals surface area contributed by atoms with E-state index in [2.05, 4.69) is 0 Å². The monoisotopic (exact) mass is 346 g/mol. The first-order valence-corrected chi connectivity index (χ1v) is 9.65. The van der Waals surface area contributed by atoms with E-state index in [-0.39, 0.29) is 0 Å². The summed E-state index contributed by atoms with van der Waals surface area (Å²) < 4.78 is 28.9. The van der Waals surface area contributed by atoms with Crippen molar-refractivity contribution in [3.8, 4) is 0 Å². The lowest BCUT2D eigenvalue weighted by Crippen LogP contribution is -2.29. The normalized spacial score (nSPS) is 12.2. The van der Waals surface area contributed by atoms with Gasteiger partial charge in [-0.15, -0.1) is 22.9 Å². The molecule has 0 saturated carbocycles. The van der Waals surface area contributed by atoms with Gasteiger partial charge in [-0.1, -0.05) is 13.0 Å². The summed E-state index contributed by atoms with van der Waals surface area (Å²) in [5.74, 6) is 0.306. The minimum Gasteiger partial charge on any atom is -0.349 e. The average molecular weight is 347 g/mol. The number of nitrogens with zero attached hydrogens (tertiary/aromatic N) is 2. The molecule has 0 atom stereocenters. The first-order valence-electron chi connectivity index (χ1n) is 6.80. The van der Waals surface area contributed by atoms with E-state index >= 15 is 0 Å². The summed E-state index contributed by atoms with van der Waals surface area (Å²) in [7, 11) is -3.49.